The van der Waals surface area contributed by atoms with Gasteiger partial charge in [-0.2, -0.15) is 11.8 Å². The fourth-order valence-electron chi connectivity index (χ4n) is 2.99. The molecule has 0 spiro atoms. The molecule has 0 aromatic heterocycles. The van der Waals surface area contributed by atoms with Crippen LogP contribution in [-0.2, 0) is 9.47 Å². The first-order valence-electron chi connectivity index (χ1n) is 6.37. The molecule has 2 heterocycles. The van der Waals surface area contributed by atoms with E-state index in [2.05, 4.69) is 16.7 Å². The minimum absolute atomic E-state index is 0.197. The average Bonchev–Trinajstić information content (AvgIpc) is 2.99. The van der Waals surface area contributed by atoms with Gasteiger partial charge in [0.05, 0.1) is 12.2 Å². The van der Waals surface area contributed by atoms with Gasteiger partial charge in [-0.15, -0.1) is 0 Å². The minimum Gasteiger partial charge on any atom is -0.377 e. The van der Waals surface area contributed by atoms with Crippen LogP contribution in [0.5, 0.6) is 0 Å². The maximum atomic E-state index is 5.97. The van der Waals surface area contributed by atoms with Gasteiger partial charge in [0.15, 0.2) is 0 Å². The van der Waals surface area contributed by atoms with Crippen molar-refractivity contribution in [2.45, 2.75) is 24.7 Å². The summed E-state index contributed by atoms with van der Waals surface area (Å²) < 4.78 is 11.0. The summed E-state index contributed by atoms with van der Waals surface area (Å²) in [6.45, 7) is 2.66. The lowest BCUT2D eigenvalue weighted by molar-refractivity contribution is -0.00461. The highest BCUT2D eigenvalue weighted by molar-refractivity contribution is 7.99. The molecule has 0 amide bonds. The number of ether oxygens (including phenoxy) is 2. The molecule has 100 valence electrons. The molecule has 0 aliphatic carbocycles. The van der Waals surface area contributed by atoms with E-state index < -0.39 is 0 Å². The van der Waals surface area contributed by atoms with Gasteiger partial charge in [0.25, 0.3) is 0 Å². The van der Waals surface area contributed by atoms with Gasteiger partial charge in [-0.1, -0.05) is 0 Å². The van der Waals surface area contributed by atoms with E-state index in [1.54, 1.807) is 14.2 Å². The molecular formula is C12H24N2O2S. The van der Waals surface area contributed by atoms with Crippen LogP contribution in [0.3, 0.4) is 0 Å². The summed E-state index contributed by atoms with van der Waals surface area (Å²) >= 11 is 2.05. The van der Waals surface area contributed by atoms with Crippen LogP contribution in [0, 0.1) is 5.92 Å². The number of nitrogens with two attached hydrogens (primary N) is 1. The molecule has 17 heavy (non-hydrogen) atoms. The second kappa shape index (κ2) is 6.38. The highest BCUT2D eigenvalue weighted by atomic mass is 32.2. The van der Waals surface area contributed by atoms with E-state index in [1.165, 1.54) is 17.9 Å². The quantitative estimate of drug-likeness (QED) is 0.776. The van der Waals surface area contributed by atoms with Crippen molar-refractivity contribution in [3.05, 3.63) is 0 Å². The van der Waals surface area contributed by atoms with E-state index >= 15 is 0 Å². The first kappa shape index (κ1) is 13.6. The van der Waals surface area contributed by atoms with Crippen molar-refractivity contribution < 1.29 is 9.47 Å². The number of thioether (sulfide) groups is 1. The Morgan fingerprint density at radius 1 is 1.29 bits per heavy atom. The van der Waals surface area contributed by atoms with Crippen LogP contribution >= 0.6 is 11.8 Å². The second-order valence-electron chi connectivity index (χ2n) is 4.93. The van der Waals surface area contributed by atoms with Gasteiger partial charge in [-0.05, 0) is 23.8 Å². The zero-order valence-corrected chi connectivity index (χ0v) is 11.6. The first-order valence-corrected chi connectivity index (χ1v) is 7.53. The summed E-state index contributed by atoms with van der Waals surface area (Å²) in [4.78, 5) is 2.47. The Hall–Kier alpha value is 0.190. The maximum absolute atomic E-state index is 5.97. The fourth-order valence-corrected chi connectivity index (χ4v) is 4.32. The molecule has 2 aliphatic rings. The molecule has 5 heteroatoms. The van der Waals surface area contributed by atoms with E-state index in [-0.39, 0.29) is 12.2 Å². The number of methoxy groups -OCH3 is 2. The summed E-state index contributed by atoms with van der Waals surface area (Å²) in [5.41, 5.74) is 5.97. The Morgan fingerprint density at radius 3 is 2.35 bits per heavy atom. The van der Waals surface area contributed by atoms with Crippen LogP contribution in [0.4, 0.5) is 0 Å². The lowest BCUT2D eigenvalue weighted by Gasteiger charge is -2.31. The third-order valence-electron chi connectivity index (χ3n) is 4.07. The van der Waals surface area contributed by atoms with Crippen LogP contribution in [-0.4, -0.2) is 68.5 Å². The smallest absolute Gasteiger partial charge is 0.0971 e. The predicted molar refractivity (Wildman–Crippen MR) is 71.4 cm³/mol. The van der Waals surface area contributed by atoms with Crippen molar-refractivity contribution in [1.82, 2.24) is 4.90 Å². The van der Waals surface area contributed by atoms with Gasteiger partial charge in [0.2, 0.25) is 0 Å². The molecule has 2 N–H and O–H groups in total. The highest BCUT2D eigenvalue weighted by Gasteiger charge is 2.39. The third kappa shape index (κ3) is 2.96. The molecule has 4 nitrogen and oxygen atoms in total. The molecule has 0 aromatic carbocycles. The first-order chi connectivity index (χ1) is 8.30. The largest absolute Gasteiger partial charge is 0.377 e. The van der Waals surface area contributed by atoms with Crippen LogP contribution in [0.25, 0.3) is 0 Å². The van der Waals surface area contributed by atoms with Crippen molar-refractivity contribution in [3.8, 4) is 0 Å². The SMILES string of the molecule is COC1CN(C(CN)C2CCSC2)CC1OC. The Labute approximate surface area is 108 Å². The topological polar surface area (TPSA) is 47.7 Å². The molecule has 0 aromatic rings. The van der Waals surface area contributed by atoms with E-state index in [9.17, 15) is 0 Å². The van der Waals surface area contributed by atoms with Crippen molar-refractivity contribution >= 4 is 11.8 Å². The number of hydrogen-bond donors (Lipinski definition) is 1. The van der Waals surface area contributed by atoms with Crippen molar-refractivity contribution in [3.63, 3.8) is 0 Å². The van der Waals surface area contributed by atoms with Gasteiger partial charge in [0, 0.05) is 39.9 Å². The summed E-state index contributed by atoms with van der Waals surface area (Å²) in [5, 5.41) is 0. The van der Waals surface area contributed by atoms with Crippen LogP contribution in [0.15, 0.2) is 0 Å². The lowest BCUT2D eigenvalue weighted by atomic mass is 9.98. The highest BCUT2D eigenvalue weighted by Crippen LogP contribution is 2.30. The van der Waals surface area contributed by atoms with E-state index in [4.69, 9.17) is 15.2 Å². The zero-order chi connectivity index (χ0) is 12.3. The standard InChI is InChI=1S/C12H24N2O2S/c1-15-11-6-14(7-12(11)16-2)10(5-13)9-3-4-17-8-9/h9-12H,3-8,13H2,1-2H3. The molecule has 4 unspecified atom stereocenters. The van der Waals surface area contributed by atoms with Crippen LogP contribution in [0.2, 0.25) is 0 Å². The number of likely N-dealkylation sites (tertiary alicyclic amines) is 1. The molecule has 2 saturated heterocycles. The van der Waals surface area contributed by atoms with Crippen molar-refractivity contribution in [2.24, 2.45) is 11.7 Å². The summed E-state index contributed by atoms with van der Waals surface area (Å²) in [5.74, 6) is 3.29. The zero-order valence-electron chi connectivity index (χ0n) is 10.8. The molecule has 2 aliphatic heterocycles. The Morgan fingerprint density at radius 2 is 1.94 bits per heavy atom. The third-order valence-corrected chi connectivity index (χ3v) is 5.26. The van der Waals surface area contributed by atoms with E-state index in [0.29, 0.717) is 6.04 Å². The fraction of sp³-hybridized carbons (Fsp3) is 1.00. The van der Waals surface area contributed by atoms with Gasteiger partial charge in [-0.3, -0.25) is 4.90 Å². The van der Waals surface area contributed by atoms with Gasteiger partial charge in [0.1, 0.15) is 0 Å². The Bertz CT molecular complexity index is 225. The van der Waals surface area contributed by atoms with E-state index in [0.717, 1.165) is 25.6 Å². The normalized spacial score (nSPS) is 36.5. The Balaban J connectivity index is 1.96. The van der Waals surface area contributed by atoms with E-state index in [1.807, 2.05) is 0 Å². The van der Waals surface area contributed by atoms with Crippen LogP contribution in [0.1, 0.15) is 6.42 Å². The number of rotatable bonds is 5. The monoisotopic (exact) mass is 260 g/mol. The molecular weight excluding hydrogens is 236 g/mol. The second-order valence-corrected chi connectivity index (χ2v) is 6.08. The van der Waals surface area contributed by atoms with Gasteiger partial charge < -0.3 is 15.2 Å². The molecule has 2 rings (SSSR count). The number of hydrogen-bond acceptors (Lipinski definition) is 5. The minimum atomic E-state index is 0.197. The predicted octanol–water partition coefficient (Wildman–Crippen LogP) is 0.412. The van der Waals surface area contributed by atoms with Crippen molar-refractivity contribution in [1.29, 1.82) is 0 Å². The molecule has 0 bridgehead atoms. The summed E-state index contributed by atoms with van der Waals surface area (Å²) in [7, 11) is 3.53. The molecule has 0 radical (unpaired) electrons. The maximum Gasteiger partial charge on any atom is 0.0971 e. The van der Waals surface area contributed by atoms with Crippen LogP contribution < -0.4 is 5.73 Å². The molecule has 2 fully saturated rings. The lowest BCUT2D eigenvalue weighted by Crippen LogP contribution is -2.45. The molecule has 4 atom stereocenters. The average molecular weight is 260 g/mol. The Kier molecular flexibility index (Phi) is 5.11. The van der Waals surface area contributed by atoms with Gasteiger partial charge >= 0.3 is 0 Å². The van der Waals surface area contributed by atoms with Gasteiger partial charge in [-0.25, -0.2) is 0 Å². The molecule has 0 saturated carbocycles. The summed E-state index contributed by atoms with van der Waals surface area (Å²) in [6, 6.07) is 0.503. The summed E-state index contributed by atoms with van der Waals surface area (Å²) in [6.07, 6.45) is 1.70. The number of nitrogens with zero attached hydrogens (tertiary/aromatic N) is 1. The van der Waals surface area contributed by atoms with Crippen molar-refractivity contribution in [2.75, 3.05) is 45.4 Å².